The van der Waals surface area contributed by atoms with Crippen LogP contribution < -0.4 is 0 Å². The monoisotopic (exact) mass is 197 g/mol. The molecule has 10 heteroatoms. The van der Waals surface area contributed by atoms with E-state index in [4.69, 9.17) is 16.6 Å². The third kappa shape index (κ3) is 4.70. The molecule has 0 spiro atoms. The molecule has 0 fully saturated rings. The lowest BCUT2D eigenvalue weighted by Crippen LogP contribution is -2.29. The van der Waals surface area contributed by atoms with Crippen molar-refractivity contribution < 1.29 is 5.11 Å². The highest BCUT2D eigenvalue weighted by molar-refractivity contribution is 4.80. The van der Waals surface area contributed by atoms with Gasteiger partial charge in [0.2, 0.25) is 0 Å². The lowest BCUT2D eigenvalue weighted by atomic mass is 10.2. The molecule has 2 unspecified atom stereocenters. The van der Waals surface area contributed by atoms with Crippen molar-refractivity contribution in [3.05, 3.63) is 31.3 Å². The van der Waals surface area contributed by atoms with Gasteiger partial charge < -0.3 is 5.11 Å². The number of aliphatic hydroxyl groups is 1. The van der Waals surface area contributed by atoms with E-state index in [-0.39, 0.29) is 13.1 Å². The van der Waals surface area contributed by atoms with Gasteiger partial charge in [0.05, 0.1) is 18.7 Å². The van der Waals surface area contributed by atoms with Crippen LogP contribution in [0.1, 0.15) is 0 Å². The van der Waals surface area contributed by atoms with Crippen molar-refractivity contribution >= 4 is 0 Å². The van der Waals surface area contributed by atoms with Gasteiger partial charge in [0.15, 0.2) is 0 Å². The van der Waals surface area contributed by atoms with Gasteiger partial charge >= 0.3 is 0 Å². The molecule has 2 atom stereocenters. The van der Waals surface area contributed by atoms with Crippen molar-refractivity contribution in [2.24, 2.45) is 15.3 Å². The third-order valence-electron chi connectivity index (χ3n) is 1.31. The van der Waals surface area contributed by atoms with E-state index in [0.717, 1.165) is 0 Å². The zero-order valence-corrected chi connectivity index (χ0v) is 7.04. The fraction of sp³-hybridized carbons (Fsp3) is 1.00. The van der Waals surface area contributed by atoms with Crippen molar-refractivity contribution in [3.8, 4) is 0 Å². The molecule has 0 bridgehead atoms. The highest BCUT2D eigenvalue weighted by atomic mass is 16.3. The van der Waals surface area contributed by atoms with Crippen molar-refractivity contribution in [1.82, 2.24) is 0 Å². The first-order valence-electron chi connectivity index (χ1n) is 3.50. The maximum atomic E-state index is 9.28. The van der Waals surface area contributed by atoms with Crippen LogP contribution in [-0.2, 0) is 0 Å². The van der Waals surface area contributed by atoms with Crippen molar-refractivity contribution in [3.63, 3.8) is 0 Å². The van der Waals surface area contributed by atoms with Gasteiger partial charge in [-0.25, -0.2) is 0 Å². The van der Waals surface area contributed by atoms with E-state index in [1.807, 2.05) is 0 Å². The molecule has 0 aliphatic carbocycles. The molecular weight excluding hydrogens is 190 g/mol. The predicted octanol–water partition coefficient (Wildman–Crippen LogP) is 1.65. The highest BCUT2D eigenvalue weighted by Gasteiger charge is 2.15. The summed E-state index contributed by atoms with van der Waals surface area (Å²) in [5.74, 6) is 0. The average molecular weight is 197 g/mol. The largest absolute Gasteiger partial charge is 0.393 e. The lowest BCUT2D eigenvalue weighted by molar-refractivity contribution is 0.155. The number of hydrogen-bond acceptors (Lipinski definition) is 4. The first-order chi connectivity index (χ1) is 6.76. The molecule has 0 radical (unpaired) electrons. The standard InChI is InChI=1S/C4H7N9O/c5-11-8-1-3(10-13-7)4(14)2-9-12-6/h3-4,14H,1-2H2. The Balaban J connectivity index is 4.37. The Hall–Kier alpha value is -2.11. The molecule has 14 heavy (non-hydrogen) atoms. The molecular formula is C4H7N9O. The van der Waals surface area contributed by atoms with Crippen molar-refractivity contribution in [2.45, 2.75) is 12.1 Å². The fourth-order valence-corrected chi connectivity index (χ4v) is 0.663. The van der Waals surface area contributed by atoms with Gasteiger partial charge in [-0.2, -0.15) is 0 Å². The smallest absolute Gasteiger partial charge is 0.0690 e. The zero-order chi connectivity index (χ0) is 10.8. The quantitative estimate of drug-likeness (QED) is 0.381. The lowest BCUT2D eigenvalue weighted by Gasteiger charge is -2.12. The van der Waals surface area contributed by atoms with E-state index < -0.39 is 12.1 Å². The normalized spacial score (nSPS) is 12.6. The summed E-state index contributed by atoms with van der Waals surface area (Å²) in [5, 5.41) is 18.7. The number of rotatable bonds is 6. The molecule has 0 aromatic heterocycles. The number of aliphatic hydroxyl groups excluding tert-OH is 1. The third-order valence-corrected chi connectivity index (χ3v) is 1.31. The molecule has 0 saturated heterocycles. The zero-order valence-electron chi connectivity index (χ0n) is 7.04. The van der Waals surface area contributed by atoms with Crippen LogP contribution in [0.2, 0.25) is 0 Å². The molecule has 0 heterocycles. The van der Waals surface area contributed by atoms with E-state index >= 15 is 0 Å². The minimum Gasteiger partial charge on any atom is -0.393 e. The summed E-state index contributed by atoms with van der Waals surface area (Å²) < 4.78 is 0. The Bertz CT molecular complexity index is 307. The Kier molecular flexibility index (Phi) is 6.40. The molecule has 1 N–H and O–H groups in total. The second-order valence-electron chi connectivity index (χ2n) is 2.17. The second-order valence-corrected chi connectivity index (χ2v) is 2.17. The van der Waals surface area contributed by atoms with Gasteiger partial charge in [0.1, 0.15) is 0 Å². The van der Waals surface area contributed by atoms with E-state index in [9.17, 15) is 5.11 Å². The SMILES string of the molecule is [N-]=[N+]=NCC(O)C(CN=[N+]=[N-])N=[N+]=[N-]. The maximum absolute atomic E-state index is 9.28. The molecule has 0 aliphatic heterocycles. The topological polar surface area (TPSA) is 167 Å². The molecule has 74 valence electrons. The fourth-order valence-electron chi connectivity index (χ4n) is 0.663. The minimum atomic E-state index is -1.15. The molecule has 0 saturated carbocycles. The van der Waals surface area contributed by atoms with Crippen molar-refractivity contribution in [1.29, 1.82) is 0 Å². The molecule has 0 rings (SSSR count). The van der Waals surface area contributed by atoms with Gasteiger partial charge in [-0.05, 0) is 16.6 Å². The number of nitrogens with zero attached hydrogens (tertiary/aromatic N) is 9. The van der Waals surface area contributed by atoms with Crippen LogP contribution >= 0.6 is 0 Å². The summed E-state index contributed by atoms with van der Waals surface area (Å²) in [6.45, 7) is -0.413. The first kappa shape index (κ1) is 11.9. The molecule has 0 aromatic rings. The van der Waals surface area contributed by atoms with Crippen molar-refractivity contribution in [2.75, 3.05) is 13.1 Å². The summed E-state index contributed by atoms with van der Waals surface area (Å²) in [4.78, 5) is 7.34. The van der Waals surface area contributed by atoms with Crippen LogP contribution in [0.5, 0.6) is 0 Å². The van der Waals surface area contributed by atoms with Crippen LogP contribution in [0.3, 0.4) is 0 Å². The summed E-state index contributed by atoms with van der Waals surface area (Å²) in [6.07, 6.45) is -1.15. The minimum absolute atomic E-state index is 0.178. The van der Waals surface area contributed by atoms with Gasteiger partial charge in [-0.3, -0.25) is 0 Å². The van der Waals surface area contributed by atoms with E-state index in [0.29, 0.717) is 0 Å². The molecule has 10 nitrogen and oxygen atoms in total. The van der Waals surface area contributed by atoms with Crippen LogP contribution in [0, 0.1) is 0 Å². The molecule has 0 amide bonds. The Morgan fingerprint density at radius 2 is 1.57 bits per heavy atom. The first-order valence-corrected chi connectivity index (χ1v) is 3.50. The number of azide groups is 3. The van der Waals surface area contributed by atoms with Gasteiger partial charge in [-0.15, -0.1) is 0 Å². The van der Waals surface area contributed by atoms with Crippen LogP contribution in [0.15, 0.2) is 15.3 Å². The van der Waals surface area contributed by atoms with Gasteiger partial charge in [-0.1, -0.05) is 15.3 Å². The van der Waals surface area contributed by atoms with Gasteiger partial charge in [0, 0.05) is 21.3 Å². The van der Waals surface area contributed by atoms with Crippen LogP contribution in [0.25, 0.3) is 31.3 Å². The second kappa shape index (κ2) is 7.53. The summed E-state index contributed by atoms with van der Waals surface area (Å²) in [6, 6.07) is -0.915. The highest BCUT2D eigenvalue weighted by Crippen LogP contribution is 2.02. The Labute approximate surface area is 78.0 Å². The summed E-state index contributed by atoms with van der Waals surface area (Å²) >= 11 is 0. The summed E-state index contributed by atoms with van der Waals surface area (Å²) in [5.41, 5.74) is 24.1. The van der Waals surface area contributed by atoms with Gasteiger partial charge in [0.25, 0.3) is 0 Å². The van der Waals surface area contributed by atoms with Crippen LogP contribution in [0.4, 0.5) is 0 Å². The maximum Gasteiger partial charge on any atom is 0.0690 e. The predicted molar refractivity (Wildman–Crippen MR) is 47.0 cm³/mol. The average Bonchev–Trinajstić information content (AvgIpc) is 2.20. The van der Waals surface area contributed by atoms with E-state index in [1.54, 1.807) is 0 Å². The Morgan fingerprint density at radius 3 is 2.07 bits per heavy atom. The number of hydrogen-bond donors (Lipinski definition) is 1. The van der Waals surface area contributed by atoms with Crippen LogP contribution in [-0.4, -0.2) is 30.3 Å². The van der Waals surface area contributed by atoms with E-state index in [1.165, 1.54) is 0 Å². The molecule has 0 aliphatic rings. The Morgan fingerprint density at radius 1 is 1.00 bits per heavy atom. The summed E-state index contributed by atoms with van der Waals surface area (Å²) in [7, 11) is 0. The molecule has 0 aromatic carbocycles. The van der Waals surface area contributed by atoms with E-state index in [2.05, 4.69) is 30.1 Å².